The van der Waals surface area contributed by atoms with Crippen LogP contribution in [0.5, 0.6) is 0 Å². The molecule has 0 aromatic heterocycles. The number of anilines is 1. The van der Waals surface area contributed by atoms with Crippen LogP contribution >= 0.6 is 23.4 Å². The van der Waals surface area contributed by atoms with Crippen LogP contribution in [-0.4, -0.2) is 50.0 Å². The molecule has 0 aliphatic heterocycles. The number of nitrogens with zero attached hydrogens (tertiary/aromatic N) is 2. The van der Waals surface area contributed by atoms with Crippen molar-refractivity contribution in [2.45, 2.75) is 62.0 Å². The Bertz CT molecular complexity index is 1720. The molecule has 0 heterocycles. The molecule has 0 radical (unpaired) electrons. The fourth-order valence-electron chi connectivity index (χ4n) is 4.94. The molecule has 4 aromatic carbocycles. The monoisotopic (exact) mass is 677 g/mol. The SMILES string of the molecule is CC[C@@H](C)NC(=O)[C@@H](Cc1ccccc1)N(Cc1cccc(Cl)c1)C(=O)CN(c1ccc(C)cc1)S(=O)(=O)c1ccc(SC)cc1. The fraction of sp³-hybridized carbons (Fsp3) is 0.278. The van der Waals surface area contributed by atoms with Gasteiger partial charge in [-0.2, -0.15) is 0 Å². The lowest BCUT2D eigenvalue weighted by atomic mass is 10.0. The number of rotatable bonds is 14. The van der Waals surface area contributed by atoms with Gasteiger partial charge in [0.15, 0.2) is 0 Å². The number of hydrogen-bond acceptors (Lipinski definition) is 5. The predicted octanol–water partition coefficient (Wildman–Crippen LogP) is 7.12. The smallest absolute Gasteiger partial charge is 0.264 e. The van der Waals surface area contributed by atoms with Crippen LogP contribution in [0.2, 0.25) is 5.02 Å². The number of sulfonamides is 1. The third-order valence-corrected chi connectivity index (χ3v) is 10.5. The van der Waals surface area contributed by atoms with Gasteiger partial charge in [0, 0.05) is 28.9 Å². The Kier molecular flexibility index (Phi) is 12.3. The molecule has 4 aromatic rings. The van der Waals surface area contributed by atoms with Crippen molar-refractivity contribution in [1.82, 2.24) is 10.2 Å². The minimum Gasteiger partial charge on any atom is -0.352 e. The molecule has 10 heteroatoms. The van der Waals surface area contributed by atoms with Crippen molar-refractivity contribution in [1.29, 1.82) is 0 Å². The molecule has 4 rings (SSSR count). The number of aryl methyl sites for hydroxylation is 1. The summed E-state index contributed by atoms with van der Waals surface area (Å²) in [5, 5.41) is 3.54. The number of carbonyl (C=O) groups is 2. The van der Waals surface area contributed by atoms with Crippen molar-refractivity contribution in [2.75, 3.05) is 17.1 Å². The highest BCUT2D eigenvalue weighted by atomic mass is 35.5. The molecule has 0 aliphatic rings. The molecule has 0 aliphatic carbocycles. The second-order valence-electron chi connectivity index (χ2n) is 11.2. The summed E-state index contributed by atoms with van der Waals surface area (Å²) in [6, 6.07) is 29.1. The first-order valence-corrected chi connectivity index (χ1v) is 18.2. The quantitative estimate of drug-likeness (QED) is 0.144. The van der Waals surface area contributed by atoms with Crippen molar-refractivity contribution in [2.24, 2.45) is 0 Å². The third kappa shape index (κ3) is 9.15. The molecule has 2 amide bonds. The minimum absolute atomic E-state index is 0.0506. The molecule has 0 spiro atoms. The Morgan fingerprint density at radius 1 is 0.891 bits per heavy atom. The van der Waals surface area contributed by atoms with E-state index < -0.39 is 28.5 Å². The van der Waals surface area contributed by atoms with Crippen LogP contribution in [0.4, 0.5) is 5.69 Å². The van der Waals surface area contributed by atoms with Crippen LogP contribution in [0, 0.1) is 6.92 Å². The summed E-state index contributed by atoms with van der Waals surface area (Å²) in [7, 11) is -4.17. The first-order chi connectivity index (χ1) is 22.0. The Labute approximate surface area is 282 Å². The molecular weight excluding hydrogens is 638 g/mol. The average molecular weight is 678 g/mol. The number of amides is 2. The van der Waals surface area contributed by atoms with Gasteiger partial charge in [-0.05, 0) is 86.2 Å². The second kappa shape index (κ2) is 16.2. The molecule has 0 saturated heterocycles. The zero-order valence-electron chi connectivity index (χ0n) is 26.5. The summed E-state index contributed by atoms with van der Waals surface area (Å²) in [6.07, 6.45) is 2.86. The van der Waals surface area contributed by atoms with Crippen molar-refractivity contribution in [3.8, 4) is 0 Å². The molecule has 46 heavy (non-hydrogen) atoms. The van der Waals surface area contributed by atoms with Gasteiger partial charge in [-0.1, -0.05) is 78.7 Å². The molecule has 7 nitrogen and oxygen atoms in total. The van der Waals surface area contributed by atoms with Gasteiger partial charge in [-0.25, -0.2) is 8.42 Å². The Morgan fingerprint density at radius 3 is 2.15 bits per heavy atom. The van der Waals surface area contributed by atoms with E-state index in [4.69, 9.17) is 11.6 Å². The maximum Gasteiger partial charge on any atom is 0.264 e. The topological polar surface area (TPSA) is 86.8 Å². The zero-order valence-corrected chi connectivity index (χ0v) is 28.9. The first-order valence-electron chi connectivity index (χ1n) is 15.1. The van der Waals surface area contributed by atoms with E-state index in [1.165, 1.54) is 16.7 Å². The molecular formula is C36H40ClN3O4S2. The lowest BCUT2D eigenvalue weighted by Gasteiger charge is -2.34. The summed E-state index contributed by atoms with van der Waals surface area (Å²) < 4.78 is 29.5. The van der Waals surface area contributed by atoms with Crippen LogP contribution in [0.3, 0.4) is 0 Å². The standard InChI is InChI=1S/C36H40ClN3O4S2/c1-5-27(3)38-36(42)34(23-28-10-7-6-8-11-28)39(24-29-12-9-13-30(37)22-29)35(41)25-40(31-16-14-26(2)15-17-31)46(43,44)33-20-18-32(45-4)19-21-33/h6-22,27,34H,5,23-25H2,1-4H3,(H,38,42)/t27-,34-/m1/s1. The van der Waals surface area contributed by atoms with E-state index in [0.717, 1.165) is 20.3 Å². The summed E-state index contributed by atoms with van der Waals surface area (Å²) >= 11 is 7.83. The third-order valence-electron chi connectivity index (χ3n) is 7.76. The van der Waals surface area contributed by atoms with Crippen LogP contribution in [-0.2, 0) is 32.6 Å². The fourth-order valence-corrected chi connectivity index (χ4v) is 6.98. The molecule has 0 saturated carbocycles. The molecule has 1 N–H and O–H groups in total. The van der Waals surface area contributed by atoms with Crippen molar-refractivity contribution < 1.29 is 18.0 Å². The zero-order chi connectivity index (χ0) is 33.3. The molecule has 0 fully saturated rings. The number of hydrogen-bond donors (Lipinski definition) is 1. The highest BCUT2D eigenvalue weighted by Gasteiger charge is 2.35. The maximum absolute atomic E-state index is 14.6. The number of halogens is 1. The van der Waals surface area contributed by atoms with Gasteiger partial charge in [0.1, 0.15) is 12.6 Å². The lowest BCUT2D eigenvalue weighted by Crippen LogP contribution is -2.54. The minimum atomic E-state index is -4.17. The Balaban J connectivity index is 1.80. The van der Waals surface area contributed by atoms with Crippen LogP contribution < -0.4 is 9.62 Å². The van der Waals surface area contributed by atoms with Gasteiger partial charge in [0.05, 0.1) is 10.6 Å². The van der Waals surface area contributed by atoms with E-state index in [0.29, 0.717) is 22.7 Å². The number of nitrogens with one attached hydrogen (secondary N) is 1. The lowest BCUT2D eigenvalue weighted by molar-refractivity contribution is -0.140. The van der Waals surface area contributed by atoms with Crippen LogP contribution in [0.1, 0.15) is 37.0 Å². The largest absolute Gasteiger partial charge is 0.352 e. The van der Waals surface area contributed by atoms with Gasteiger partial charge in [-0.3, -0.25) is 13.9 Å². The van der Waals surface area contributed by atoms with Crippen molar-refractivity contribution >= 4 is 50.9 Å². The van der Waals surface area contributed by atoms with Crippen LogP contribution in [0.15, 0.2) is 113 Å². The summed E-state index contributed by atoms with van der Waals surface area (Å²) in [5.41, 5.74) is 2.88. The van der Waals surface area contributed by atoms with Gasteiger partial charge in [-0.15, -0.1) is 11.8 Å². The maximum atomic E-state index is 14.6. The second-order valence-corrected chi connectivity index (χ2v) is 14.4. The molecule has 242 valence electrons. The van der Waals surface area contributed by atoms with Gasteiger partial charge in [0.2, 0.25) is 11.8 Å². The number of carbonyl (C=O) groups excluding carboxylic acids is 2. The summed E-state index contributed by atoms with van der Waals surface area (Å²) in [5.74, 6) is -0.837. The van der Waals surface area contributed by atoms with E-state index in [2.05, 4.69) is 5.32 Å². The van der Waals surface area contributed by atoms with Crippen molar-refractivity contribution in [3.05, 3.63) is 125 Å². The molecule has 0 bridgehead atoms. The van der Waals surface area contributed by atoms with Gasteiger partial charge >= 0.3 is 0 Å². The van der Waals surface area contributed by atoms with Crippen LogP contribution in [0.25, 0.3) is 0 Å². The molecule has 2 atom stereocenters. The normalized spacial score (nSPS) is 12.6. The number of thioether (sulfide) groups is 1. The summed E-state index contributed by atoms with van der Waals surface area (Å²) in [6.45, 7) is 5.33. The van der Waals surface area contributed by atoms with E-state index in [1.807, 2.05) is 63.4 Å². The predicted molar refractivity (Wildman–Crippen MR) is 188 cm³/mol. The van der Waals surface area contributed by atoms with E-state index in [-0.39, 0.29) is 29.8 Å². The van der Waals surface area contributed by atoms with Gasteiger partial charge < -0.3 is 10.2 Å². The number of benzene rings is 4. The summed E-state index contributed by atoms with van der Waals surface area (Å²) in [4.78, 5) is 30.9. The van der Waals surface area contributed by atoms with Crippen molar-refractivity contribution in [3.63, 3.8) is 0 Å². The van der Waals surface area contributed by atoms with E-state index >= 15 is 0 Å². The van der Waals surface area contributed by atoms with E-state index in [1.54, 1.807) is 66.7 Å². The highest BCUT2D eigenvalue weighted by molar-refractivity contribution is 7.98. The van der Waals surface area contributed by atoms with E-state index in [9.17, 15) is 18.0 Å². The Morgan fingerprint density at radius 2 is 1.54 bits per heavy atom. The first kappa shape index (κ1) is 35.1. The van der Waals surface area contributed by atoms with Gasteiger partial charge in [0.25, 0.3) is 10.0 Å². The molecule has 0 unspecified atom stereocenters. The average Bonchev–Trinajstić information content (AvgIpc) is 3.06. The highest BCUT2D eigenvalue weighted by Crippen LogP contribution is 2.27. The Hall–Kier alpha value is -3.79.